The fraction of sp³-hybridized carbons (Fsp3) is 0.500. The standard InChI is InChI=1S/C20H29ClN2O/c1-15(13-23(3)4)14-24-22-20-16(2)6-5-7-18(20)12-17-8-10-19(21)11-9-17/h8-12,15,22H,5-7,13-14H2,1-4H3/t15-/m1/s1. The Morgan fingerprint density at radius 1 is 1.25 bits per heavy atom. The molecule has 1 atom stereocenters. The van der Waals surface area contributed by atoms with Crippen LogP contribution in [0.3, 0.4) is 0 Å². The number of hydroxylamine groups is 1. The molecule has 0 aliphatic heterocycles. The summed E-state index contributed by atoms with van der Waals surface area (Å²) in [6.45, 7) is 6.11. The first kappa shape index (κ1) is 19.0. The second kappa shape index (κ2) is 9.26. The van der Waals surface area contributed by atoms with Crippen molar-refractivity contribution in [3.63, 3.8) is 0 Å². The molecule has 1 aliphatic rings. The summed E-state index contributed by atoms with van der Waals surface area (Å²) in [6, 6.07) is 7.97. The molecule has 1 N–H and O–H groups in total. The van der Waals surface area contributed by atoms with Crippen molar-refractivity contribution in [1.29, 1.82) is 0 Å². The van der Waals surface area contributed by atoms with Crippen molar-refractivity contribution in [3.05, 3.63) is 51.7 Å². The zero-order valence-corrected chi connectivity index (χ0v) is 16.0. The molecule has 0 radical (unpaired) electrons. The Morgan fingerprint density at radius 2 is 1.96 bits per heavy atom. The van der Waals surface area contributed by atoms with Crippen LogP contribution in [0, 0.1) is 5.92 Å². The number of nitrogens with one attached hydrogen (secondary N) is 1. The van der Waals surface area contributed by atoms with Crippen LogP contribution in [-0.4, -0.2) is 32.1 Å². The number of halogens is 1. The Hall–Kier alpha value is -1.29. The molecular weight excluding hydrogens is 320 g/mol. The first-order chi connectivity index (χ1) is 11.5. The van der Waals surface area contributed by atoms with E-state index in [4.69, 9.17) is 16.4 Å². The van der Waals surface area contributed by atoms with Crippen LogP contribution in [0.25, 0.3) is 6.08 Å². The molecule has 132 valence electrons. The second-order valence-corrected chi connectivity index (χ2v) is 7.45. The summed E-state index contributed by atoms with van der Waals surface area (Å²) in [5.74, 6) is 0.487. The van der Waals surface area contributed by atoms with Gasteiger partial charge in [0.05, 0.1) is 12.3 Å². The van der Waals surface area contributed by atoms with E-state index < -0.39 is 0 Å². The van der Waals surface area contributed by atoms with Gasteiger partial charge in [0.2, 0.25) is 0 Å². The molecule has 0 heterocycles. The molecule has 0 fully saturated rings. The van der Waals surface area contributed by atoms with E-state index in [-0.39, 0.29) is 0 Å². The van der Waals surface area contributed by atoms with Gasteiger partial charge in [-0.25, -0.2) is 0 Å². The molecule has 0 saturated heterocycles. The second-order valence-electron chi connectivity index (χ2n) is 7.01. The molecule has 0 saturated carbocycles. The number of allylic oxidation sites excluding steroid dienone is 2. The van der Waals surface area contributed by atoms with E-state index in [1.54, 1.807) is 0 Å². The first-order valence-electron chi connectivity index (χ1n) is 8.64. The molecule has 3 nitrogen and oxygen atoms in total. The highest BCUT2D eigenvalue weighted by Gasteiger charge is 2.15. The van der Waals surface area contributed by atoms with Crippen LogP contribution in [0.15, 0.2) is 41.1 Å². The average Bonchev–Trinajstić information content (AvgIpc) is 2.51. The Morgan fingerprint density at radius 3 is 2.62 bits per heavy atom. The van der Waals surface area contributed by atoms with Gasteiger partial charge in [0.25, 0.3) is 0 Å². The lowest BCUT2D eigenvalue weighted by atomic mass is 9.91. The molecule has 1 aromatic carbocycles. The normalized spacial score (nSPS) is 18.3. The molecule has 1 aromatic rings. The lowest BCUT2D eigenvalue weighted by molar-refractivity contribution is 0.0344. The van der Waals surface area contributed by atoms with Crippen molar-refractivity contribution >= 4 is 17.7 Å². The minimum Gasteiger partial charge on any atom is -0.309 e. The van der Waals surface area contributed by atoms with Gasteiger partial charge >= 0.3 is 0 Å². The molecule has 0 aromatic heterocycles. The minimum atomic E-state index is 0.487. The molecule has 0 spiro atoms. The molecule has 4 heteroatoms. The summed E-state index contributed by atoms with van der Waals surface area (Å²) in [5.41, 5.74) is 8.21. The molecule has 1 aliphatic carbocycles. The maximum absolute atomic E-state index is 5.97. The lowest BCUT2D eigenvalue weighted by Gasteiger charge is -2.24. The SMILES string of the molecule is CC1=C(NOC[C@H](C)CN(C)C)C(=Cc2ccc(Cl)cc2)CCC1. The molecule has 0 amide bonds. The van der Waals surface area contributed by atoms with Crippen LogP contribution in [-0.2, 0) is 4.84 Å². The third-order valence-electron chi connectivity index (χ3n) is 4.18. The first-order valence-corrected chi connectivity index (χ1v) is 9.02. The molecular formula is C20H29ClN2O. The van der Waals surface area contributed by atoms with Crippen LogP contribution in [0.4, 0.5) is 0 Å². The van der Waals surface area contributed by atoms with Gasteiger partial charge in [-0.05, 0) is 81.1 Å². The van der Waals surface area contributed by atoms with E-state index in [1.807, 2.05) is 12.1 Å². The van der Waals surface area contributed by atoms with E-state index >= 15 is 0 Å². The van der Waals surface area contributed by atoms with Crippen molar-refractivity contribution in [2.45, 2.75) is 33.1 Å². The third kappa shape index (κ3) is 5.97. The molecule has 2 rings (SSSR count). The van der Waals surface area contributed by atoms with Crippen LogP contribution in [0.2, 0.25) is 5.02 Å². The van der Waals surface area contributed by atoms with E-state index in [2.05, 4.69) is 56.5 Å². The summed E-state index contributed by atoms with van der Waals surface area (Å²) in [4.78, 5) is 7.98. The fourth-order valence-corrected chi connectivity index (χ4v) is 3.18. The smallest absolute Gasteiger partial charge is 0.0783 e. The average molecular weight is 349 g/mol. The highest BCUT2D eigenvalue weighted by atomic mass is 35.5. The Bertz CT molecular complexity index is 590. The van der Waals surface area contributed by atoms with Gasteiger partial charge in [0, 0.05) is 11.6 Å². The zero-order valence-electron chi connectivity index (χ0n) is 15.2. The maximum atomic E-state index is 5.97. The van der Waals surface area contributed by atoms with Gasteiger partial charge in [0.15, 0.2) is 0 Å². The van der Waals surface area contributed by atoms with Crippen molar-refractivity contribution in [2.75, 3.05) is 27.2 Å². The Balaban J connectivity index is 2.02. The summed E-state index contributed by atoms with van der Waals surface area (Å²) in [6.07, 6.45) is 5.61. The monoisotopic (exact) mass is 348 g/mol. The highest BCUT2D eigenvalue weighted by molar-refractivity contribution is 6.30. The summed E-state index contributed by atoms with van der Waals surface area (Å²) < 4.78 is 0. The van der Waals surface area contributed by atoms with Crippen molar-refractivity contribution in [1.82, 2.24) is 10.4 Å². The van der Waals surface area contributed by atoms with Crippen molar-refractivity contribution in [3.8, 4) is 0 Å². The van der Waals surface area contributed by atoms with E-state index in [1.165, 1.54) is 23.1 Å². The van der Waals surface area contributed by atoms with Crippen molar-refractivity contribution < 1.29 is 4.84 Å². The fourth-order valence-electron chi connectivity index (χ4n) is 3.06. The number of benzene rings is 1. The van der Waals surface area contributed by atoms with Crippen LogP contribution >= 0.6 is 11.6 Å². The van der Waals surface area contributed by atoms with Gasteiger partial charge < -0.3 is 4.90 Å². The summed E-state index contributed by atoms with van der Waals surface area (Å²) in [7, 11) is 4.18. The van der Waals surface area contributed by atoms with Gasteiger partial charge in [-0.2, -0.15) is 0 Å². The molecule has 24 heavy (non-hydrogen) atoms. The Kier molecular flexibility index (Phi) is 7.35. The van der Waals surface area contributed by atoms with Crippen LogP contribution in [0.5, 0.6) is 0 Å². The zero-order chi connectivity index (χ0) is 17.5. The maximum Gasteiger partial charge on any atom is 0.0783 e. The number of rotatable bonds is 7. The molecule has 0 bridgehead atoms. The van der Waals surface area contributed by atoms with E-state index in [0.29, 0.717) is 12.5 Å². The minimum absolute atomic E-state index is 0.487. The third-order valence-corrected chi connectivity index (χ3v) is 4.43. The summed E-state index contributed by atoms with van der Waals surface area (Å²) in [5, 5.41) is 0.768. The number of nitrogens with zero attached hydrogens (tertiary/aromatic N) is 1. The van der Waals surface area contributed by atoms with E-state index in [9.17, 15) is 0 Å². The lowest BCUT2D eigenvalue weighted by Crippen LogP contribution is -2.27. The van der Waals surface area contributed by atoms with Gasteiger partial charge in [0.1, 0.15) is 0 Å². The van der Waals surface area contributed by atoms with E-state index in [0.717, 1.165) is 30.1 Å². The van der Waals surface area contributed by atoms with Gasteiger partial charge in [-0.15, -0.1) is 0 Å². The molecule has 0 unspecified atom stereocenters. The largest absolute Gasteiger partial charge is 0.309 e. The van der Waals surface area contributed by atoms with Crippen LogP contribution in [0.1, 0.15) is 38.7 Å². The topological polar surface area (TPSA) is 24.5 Å². The predicted octanol–water partition coefficient (Wildman–Crippen LogP) is 4.90. The Labute approximate surface area is 151 Å². The van der Waals surface area contributed by atoms with Gasteiger partial charge in [-0.3, -0.25) is 10.3 Å². The summed E-state index contributed by atoms with van der Waals surface area (Å²) >= 11 is 5.97. The highest BCUT2D eigenvalue weighted by Crippen LogP contribution is 2.29. The van der Waals surface area contributed by atoms with Gasteiger partial charge in [-0.1, -0.05) is 30.7 Å². The van der Waals surface area contributed by atoms with Crippen LogP contribution < -0.4 is 5.48 Å². The number of hydrogen-bond acceptors (Lipinski definition) is 3. The quantitative estimate of drug-likeness (QED) is 0.709. The number of hydrogen-bond donors (Lipinski definition) is 1. The van der Waals surface area contributed by atoms with Crippen molar-refractivity contribution in [2.24, 2.45) is 5.92 Å². The predicted molar refractivity (Wildman–Crippen MR) is 103 cm³/mol.